The number of ketones is 1. The molecule has 24 heavy (non-hydrogen) atoms. The van der Waals surface area contributed by atoms with E-state index in [0.717, 1.165) is 46.6 Å². The van der Waals surface area contributed by atoms with Gasteiger partial charge in [0.2, 0.25) is 0 Å². The Morgan fingerprint density at radius 2 is 1.75 bits per heavy atom. The summed E-state index contributed by atoms with van der Waals surface area (Å²) >= 11 is 0. The minimum atomic E-state index is 0.151. The van der Waals surface area contributed by atoms with Crippen molar-refractivity contribution in [1.29, 1.82) is 0 Å². The highest BCUT2D eigenvalue weighted by Gasteiger charge is 2.23. The molecule has 0 N–H and O–H groups in total. The van der Waals surface area contributed by atoms with Gasteiger partial charge in [-0.15, -0.1) is 0 Å². The molecular weight excluding hydrogens is 300 g/mol. The molecule has 0 amide bonds. The third-order valence-corrected chi connectivity index (χ3v) is 4.71. The van der Waals surface area contributed by atoms with Gasteiger partial charge in [0.15, 0.2) is 17.3 Å². The summed E-state index contributed by atoms with van der Waals surface area (Å²) in [7, 11) is 0. The van der Waals surface area contributed by atoms with Gasteiger partial charge in [-0.05, 0) is 67.7 Å². The smallest absolute Gasteiger partial charge is 0.189 e. The summed E-state index contributed by atoms with van der Waals surface area (Å²) in [5, 5.41) is 0. The Morgan fingerprint density at radius 3 is 2.58 bits per heavy atom. The topological polar surface area (TPSA) is 35.5 Å². The van der Waals surface area contributed by atoms with E-state index >= 15 is 0 Å². The molecule has 2 aromatic carbocycles. The van der Waals surface area contributed by atoms with E-state index < -0.39 is 0 Å². The van der Waals surface area contributed by atoms with Crippen LogP contribution >= 0.6 is 0 Å². The van der Waals surface area contributed by atoms with Gasteiger partial charge in [-0.1, -0.05) is 17.7 Å². The Balaban J connectivity index is 1.70. The van der Waals surface area contributed by atoms with E-state index in [4.69, 9.17) is 9.47 Å². The second-order valence-corrected chi connectivity index (χ2v) is 6.51. The zero-order chi connectivity index (χ0) is 16.7. The third-order valence-electron chi connectivity index (χ3n) is 4.71. The zero-order valence-electron chi connectivity index (χ0n) is 14.0. The highest BCUT2D eigenvalue weighted by molar-refractivity contribution is 6.13. The van der Waals surface area contributed by atoms with Crippen LogP contribution in [-0.4, -0.2) is 19.0 Å². The molecule has 0 bridgehead atoms. The van der Waals surface area contributed by atoms with Crippen LogP contribution in [0.3, 0.4) is 0 Å². The first kappa shape index (κ1) is 15.0. The number of benzene rings is 2. The molecule has 122 valence electrons. The van der Waals surface area contributed by atoms with Crippen LogP contribution in [-0.2, 0) is 6.42 Å². The van der Waals surface area contributed by atoms with Crippen LogP contribution < -0.4 is 9.47 Å². The molecule has 0 radical (unpaired) electrons. The monoisotopic (exact) mass is 320 g/mol. The molecule has 0 spiro atoms. The van der Waals surface area contributed by atoms with Crippen LogP contribution in [0.25, 0.3) is 6.08 Å². The molecule has 4 rings (SSSR count). The SMILES string of the molecule is Cc1cc(C)c2c(c1)C(=O)/C(=C/c1ccc3c(c1)OCCO3)CC2. The van der Waals surface area contributed by atoms with Crippen molar-refractivity contribution in [2.24, 2.45) is 0 Å². The number of ether oxygens (including phenoxy) is 2. The van der Waals surface area contributed by atoms with E-state index in [-0.39, 0.29) is 5.78 Å². The second-order valence-electron chi connectivity index (χ2n) is 6.51. The average Bonchev–Trinajstić information content (AvgIpc) is 2.58. The van der Waals surface area contributed by atoms with E-state index in [1.807, 2.05) is 37.3 Å². The van der Waals surface area contributed by atoms with Crippen LogP contribution in [0.5, 0.6) is 11.5 Å². The largest absolute Gasteiger partial charge is 0.486 e. The second kappa shape index (κ2) is 5.82. The fourth-order valence-corrected chi connectivity index (χ4v) is 3.57. The predicted molar refractivity (Wildman–Crippen MR) is 94.0 cm³/mol. The number of Topliss-reactive ketones (excluding diaryl/α,β-unsaturated/α-hetero) is 1. The summed E-state index contributed by atoms with van der Waals surface area (Å²) in [6.07, 6.45) is 3.69. The Morgan fingerprint density at radius 1 is 0.958 bits per heavy atom. The first-order valence-electron chi connectivity index (χ1n) is 8.37. The molecule has 0 atom stereocenters. The lowest BCUT2D eigenvalue weighted by atomic mass is 9.83. The molecule has 1 aliphatic carbocycles. The molecule has 1 aliphatic heterocycles. The van der Waals surface area contributed by atoms with Gasteiger partial charge in [-0.3, -0.25) is 4.79 Å². The van der Waals surface area contributed by atoms with E-state index in [1.54, 1.807) is 0 Å². The van der Waals surface area contributed by atoms with E-state index in [2.05, 4.69) is 13.0 Å². The van der Waals surface area contributed by atoms with Gasteiger partial charge in [0, 0.05) is 11.1 Å². The van der Waals surface area contributed by atoms with Gasteiger partial charge in [-0.25, -0.2) is 0 Å². The van der Waals surface area contributed by atoms with Crippen molar-refractivity contribution >= 4 is 11.9 Å². The molecule has 1 heterocycles. The Bertz CT molecular complexity index is 862. The number of carbonyl (C=O) groups excluding carboxylic acids is 1. The number of rotatable bonds is 1. The Labute approximate surface area is 141 Å². The summed E-state index contributed by atoms with van der Waals surface area (Å²) in [6, 6.07) is 10.0. The van der Waals surface area contributed by atoms with Gasteiger partial charge >= 0.3 is 0 Å². The lowest BCUT2D eigenvalue weighted by Crippen LogP contribution is -2.16. The molecule has 3 heteroatoms. The molecule has 0 saturated carbocycles. The van der Waals surface area contributed by atoms with Crippen LogP contribution in [0.15, 0.2) is 35.9 Å². The van der Waals surface area contributed by atoms with Crippen molar-refractivity contribution in [2.45, 2.75) is 26.7 Å². The molecule has 0 unspecified atom stereocenters. The van der Waals surface area contributed by atoms with Gasteiger partial charge in [0.25, 0.3) is 0 Å². The van der Waals surface area contributed by atoms with Crippen molar-refractivity contribution in [3.05, 3.63) is 63.7 Å². The molecule has 3 nitrogen and oxygen atoms in total. The lowest BCUT2D eigenvalue weighted by Gasteiger charge is -2.21. The maximum Gasteiger partial charge on any atom is 0.189 e. The van der Waals surface area contributed by atoms with Crippen LogP contribution in [0.2, 0.25) is 0 Å². The van der Waals surface area contributed by atoms with Crippen LogP contribution in [0, 0.1) is 13.8 Å². The first-order valence-corrected chi connectivity index (χ1v) is 8.37. The summed E-state index contributed by atoms with van der Waals surface area (Å²) in [6.45, 7) is 5.29. The molecule has 2 aromatic rings. The van der Waals surface area contributed by atoms with Crippen molar-refractivity contribution in [2.75, 3.05) is 13.2 Å². The minimum Gasteiger partial charge on any atom is -0.486 e. The quantitative estimate of drug-likeness (QED) is 0.735. The molecular formula is C21H20O3. The minimum absolute atomic E-state index is 0.151. The molecule has 2 aliphatic rings. The van der Waals surface area contributed by atoms with Crippen molar-refractivity contribution in [3.63, 3.8) is 0 Å². The fraction of sp³-hybridized carbons (Fsp3) is 0.286. The molecule has 0 fully saturated rings. The summed E-state index contributed by atoms with van der Waals surface area (Å²) < 4.78 is 11.2. The number of hydrogen-bond donors (Lipinski definition) is 0. The van der Waals surface area contributed by atoms with Gasteiger partial charge in [0.05, 0.1) is 0 Å². The standard InChI is InChI=1S/C21H20O3/c1-13-9-14(2)17-5-4-16(21(22)18(17)10-13)11-15-3-6-19-20(12-15)24-8-7-23-19/h3,6,9-12H,4-5,7-8H2,1-2H3/b16-11+. The summed E-state index contributed by atoms with van der Waals surface area (Å²) in [5.74, 6) is 1.68. The Hall–Kier alpha value is -2.55. The van der Waals surface area contributed by atoms with Crippen molar-refractivity contribution in [1.82, 2.24) is 0 Å². The highest BCUT2D eigenvalue weighted by Crippen LogP contribution is 2.33. The molecule has 0 saturated heterocycles. The normalized spacial score (nSPS) is 17.8. The number of aryl methyl sites for hydroxylation is 2. The lowest BCUT2D eigenvalue weighted by molar-refractivity contribution is 0.102. The third kappa shape index (κ3) is 2.60. The van der Waals surface area contributed by atoms with Gasteiger partial charge in [0.1, 0.15) is 13.2 Å². The van der Waals surface area contributed by atoms with E-state index in [0.29, 0.717) is 13.2 Å². The number of hydrogen-bond acceptors (Lipinski definition) is 3. The summed E-state index contributed by atoms with van der Waals surface area (Å²) in [5.41, 5.74) is 6.27. The van der Waals surface area contributed by atoms with Gasteiger partial charge in [-0.2, -0.15) is 0 Å². The summed E-state index contributed by atoms with van der Waals surface area (Å²) in [4.78, 5) is 12.9. The molecule has 0 aromatic heterocycles. The van der Waals surface area contributed by atoms with Gasteiger partial charge < -0.3 is 9.47 Å². The van der Waals surface area contributed by atoms with Crippen molar-refractivity contribution < 1.29 is 14.3 Å². The number of fused-ring (bicyclic) bond motifs is 2. The highest BCUT2D eigenvalue weighted by atomic mass is 16.6. The average molecular weight is 320 g/mol. The first-order chi connectivity index (χ1) is 11.6. The van der Waals surface area contributed by atoms with E-state index in [1.165, 1.54) is 11.1 Å². The number of carbonyl (C=O) groups is 1. The fourth-order valence-electron chi connectivity index (χ4n) is 3.57. The van der Waals surface area contributed by atoms with E-state index in [9.17, 15) is 4.79 Å². The maximum atomic E-state index is 12.9. The van der Waals surface area contributed by atoms with Crippen LogP contribution in [0.4, 0.5) is 0 Å². The number of allylic oxidation sites excluding steroid dienone is 1. The predicted octanol–water partition coefficient (Wildman–Crippen LogP) is 4.29. The zero-order valence-corrected chi connectivity index (χ0v) is 14.0. The van der Waals surface area contributed by atoms with Crippen LogP contribution in [0.1, 0.15) is 39.0 Å². The maximum absolute atomic E-state index is 12.9. The van der Waals surface area contributed by atoms with Crippen molar-refractivity contribution in [3.8, 4) is 11.5 Å². The Kier molecular flexibility index (Phi) is 3.64.